The molecule has 0 saturated carbocycles. The Labute approximate surface area is 161 Å². The highest BCUT2D eigenvalue weighted by Crippen LogP contribution is 2.24. The van der Waals surface area contributed by atoms with Crippen LogP contribution in [0, 0.1) is 6.92 Å². The number of carbonyl (C=O) groups is 1. The number of aryl methyl sites for hydroxylation is 1. The Morgan fingerprint density at radius 1 is 1.15 bits per heavy atom. The topological polar surface area (TPSA) is 64.7 Å². The second-order valence-electron chi connectivity index (χ2n) is 6.38. The normalized spacial score (nSPS) is 11.1. The van der Waals surface area contributed by atoms with Gasteiger partial charge in [-0.15, -0.1) is 0 Å². The Balaban J connectivity index is 1.90. The van der Waals surface area contributed by atoms with E-state index in [1.165, 1.54) is 6.92 Å². The van der Waals surface area contributed by atoms with Crippen LogP contribution in [0.15, 0.2) is 54.6 Å². The van der Waals surface area contributed by atoms with Gasteiger partial charge in [-0.05, 0) is 36.8 Å². The van der Waals surface area contributed by atoms with Crippen LogP contribution < -0.4 is 5.32 Å². The van der Waals surface area contributed by atoms with Crippen molar-refractivity contribution in [1.29, 1.82) is 0 Å². The molecule has 1 N–H and O–H groups in total. The number of anilines is 1. The molecule has 0 fully saturated rings. The van der Waals surface area contributed by atoms with Gasteiger partial charge in [-0.25, -0.2) is 4.98 Å². The summed E-state index contributed by atoms with van der Waals surface area (Å²) in [6.07, 6.45) is 0. The summed E-state index contributed by atoms with van der Waals surface area (Å²) in [4.78, 5) is 16.4. The average molecular weight is 380 g/mol. The number of hydrogen-bond acceptors (Lipinski definition) is 3. The highest BCUT2D eigenvalue weighted by atomic mass is 35.5. The van der Waals surface area contributed by atoms with Gasteiger partial charge in [-0.1, -0.05) is 35.9 Å². The molecule has 4 rings (SSSR count). The van der Waals surface area contributed by atoms with Crippen molar-refractivity contribution in [2.45, 2.75) is 20.4 Å². The van der Waals surface area contributed by atoms with Gasteiger partial charge in [0, 0.05) is 18.0 Å². The number of carbonyl (C=O) groups excluding carboxylic acids is 1. The van der Waals surface area contributed by atoms with E-state index in [9.17, 15) is 4.79 Å². The molecule has 0 atom stereocenters. The summed E-state index contributed by atoms with van der Waals surface area (Å²) in [7, 11) is 0. The molecule has 0 saturated heterocycles. The number of nitrogens with zero attached hydrogens (tertiary/aromatic N) is 4. The van der Waals surface area contributed by atoms with Gasteiger partial charge in [-0.2, -0.15) is 9.78 Å². The molecule has 0 spiro atoms. The predicted molar refractivity (Wildman–Crippen MR) is 106 cm³/mol. The first-order chi connectivity index (χ1) is 13.0. The van der Waals surface area contributed by atoms with Crippen LogP contribution in [0.4, 0.5) is 5.82 Å². The largest absolute Gasteiger partial charge is 0.311 e. The lowest BCUT2D eigenvalue weighted by Gasteiger charge is -2.12. The molecule has 136 valence electrons. The quantitative estimate of drug-likeness (QED) is 0.578. The maximum Gasteiger partial charge on any atom is 0.234 e. The Morgan fingerprint density at radius 3 is 2.74 bits per heavy atom. The van der Waals surface area contributed by atoms with Gasteiger partial charge in [0.25, 0.3) is 0 Å². The molecule has 0 radical (unpaired) electrons. The average Bonchev–Trinajstić information content (AvgIpc) is 3.15. The monoisotopic (exact) mass is 379 g/mol. The third kappa shape index (κ3) is 3.44. The Morgan fingerprint density at radius 2 is 1.96 bits per heavy atom. The SMILES string of the molecule is CC(=O)Nc1cc(C)nn1-c1nc2ccccc2n1Cc1cccc(Cl)c1. The van der Waals surface area contributed by atoms with Crippen molar-refractivity contribution in [2.75, 3.05) is 5.32 Å². The van der Waals surface area contributed by atoms with Crippen LogP contribution in [0.5, 0.6) is 0 Å². The van der Waals surface area contributed by atoms with Crippen LogP contribution in [-0.2, 0) is 11.3 Å². The molecule has 1 amide bonds. The van der Waals surface area contributed by atoms with Crippen molar-refractivity contribution in [3.63, 3.8) is 0 Å². The summed E-state index contributed by atoms with van der Waals surface area (Å²) in [5.41, 5.74) is 3.68. The smallest absolute Gasteiger partial charge is 0.234 e. The summed E-state index contributed by atoms with van der Waals surface area (Å²) in [6, 6.07) is 17.5. The zero-order valence-corrected chi connectivity index (χ0v) is 15.7. The minimum Gasteiger partial charge on any atom is -0.311 e. The van der Waals surface area contributed by atoms with Gasteiger partial charge in [0.05, 0.1) is 23.3 Å². The molecule has 0 bridgehead atoms. The number of fused-ring (bicyclic) bond motifs is 1. The number of imidazole rings is 1. The van der Waals surface area contributed by atoms with E-state index in [-0.39, 0.29) is 5.91 Å². The third-order valence-corrected chi connectivity index (χ3v) is 4.42. The molecular weight excluding hydrogens is 362 g/mol. The van der Waals surface area contributed by atoms with E-state index in [2.05, 4.69) is 15.0 Å². The maximum absolute atomic E-state index is 11.6. The molecule has 0 aliphatic heterocycles. The van der Waals surface area contributed by atoms with Crippen LogP contribution in [0.1, 0.15) is 18.2 Å². The van der Waals surface area contributed by atoms with Crippen LogP contribution in [0.25, 0.3) is 17.0 Å². The standard InChI is InChI=1S/C20H18ClN5O/c1-13-10-19(22-14(2)27)26(24-13)20-23-17-8-3-4-9-18(17)25(20)12-15-6-5-7-16(21)11-15/h3-11H,12H2,1-2H3,(H,22,27). The molecule has 6 nitrogen and oxygen atoms in total. The molecule has 2 heterocycles. The van der Waals surface area contributed by atoms with Crippen LogP contribution >= 0.6 is 11.6 Å². The fraction of sp³-hybridized carbons (Fsp3) is 0.150. The van der Waals surface area contributed by atoms with Gasteiger partial charge in [-0.3, -0.25) is 4.79 Å². The van der Waals surface area contributed by atoms with Crippen molar-refractivity contribution in [1.82, 2.24) is 19.3 Å². The summed E-state index contributed by atoms with van der Waals surface area (Å²) in [5, 5.41) is 8.05. The first-order valence-corrected chi connectivity index (χ1v) is 8.93. The van der Waals surface area contributed by atoms with Gasteiger partial charge in [0.2, 0.25) is 11.9 Å². The van der Waals surface area contributed by atoms with Gasteiger partial charge < -0.3 is 9.88 Å². The fourth-order valence-corrected chi connectivity index (χ4v) is 3.33. The van der Waals surface area contributed by atoms with Crippen molar-refractivity contribution >= 4 is 34.4 Å². The lowest BCUT2D eigenvalue weighted by molar-refractivity contribution is -0.114. The van der Waals surface area contributed by atoms with E-state index >= 15 is 0 Å². The minimum atomic E-state index is -0.159. The number of para-hydroxylation sites is 2. The summed E-state index contributed by atoms with van der Waals surface area (Å²) >= 11 is 6.16. The number of halogens is 1. The Hall–Kier alpha value is -3.12. The van der Waals surface area contributed by atoms with E-state index in [1.807, 2.05) is 61.5 Å². The Bertz CT molecular complexity index is 1140. The van der Waals surface area contributed by atoms with E-state index in [0.717, 1.165) is 22.3 Å². The summed E-state index contributed by atoms with van der Waals surface area (Å²) in [5.74, 6) is 1.06. The van der Waals surface area contributed by atoms with E-state index in [4.69, 9.17) is 16.6 Å². The molecule has 0 aliphatic carbocycles. The third-order valence-electron chi connectivity index (χ3n) is 4.19. The van der Waals surface area contributed by atoms with Crippen molar-refractivity contribution in [3.8, 4) is 5.95 Å². The van der Waals surface area contributed by atoms with E-state index in [1.54, 1.807) is 4.68 Å². The number of amides is 1. The number of aromatic nitrogens is 4. The second kappa shape index (κ2) is 6.89. The maximum atomic E-state index is 11.6. The molecule has 2 aromatic heterocycles. The molecule has 7 heteroatoms. The zero-order chi connectivity index (χ0) is 19.0. The number of nitrogens with one attached hydrogen (secondary N) is 1. The lowest BCUT2D eigenvalue weighted by atomic mass is 10.2. The second-order valence-corrected chi connectivity index (χ2v) is 6.82. The van der Waals surface area contributed by atoms with Gasteiger partial charge >= 0.3 is 0 Å². The number of rotatable bonds is 4. The molecule has 0 unspecified atom stereocenters. The molecular formula is C20H18ClN5O. The molecule has 0 aliphatic rings. The van der Waals surface area contributed by atoms with Crippen LogP contribution in [-0.4, -0.2) is 25.2 Å². The van der Waals surface area contributed by atoms with Gasteiger partial charge in [0.15, 0.2) is 0 Å². The molecule has 2 aromatic carbocycles. The summed E-state index contributed by atoms with van der Waals surface area (Å²) in [6.45, 7) is 3.93. The Kier molecular flexibility index (Phi) is 4.41. The highest BCUT2D eigenvalue weighted by molar-refractivity contribution is 6.30. The van der Waals surface area contributed by atoms with E-state index in [0.29, 0.717) is 23.3 Å². The predicted octanol–water partition coefficient (Wildman–Crippen LogP) is 4.19. The van der Waals surface area contributed by atoms with E-state index < -0.39 is 0 Å². The highest BCUT2D eigenvalue weighted by Gasteiger charge is 2.17. The first-order valence-electron chi connectivity index (χ1n) is 8.55. The molecule has 4 aromatic rings. The lowest BCUT2D eigenvalue weighted by Crippen LogP contribution is -2.15. The number of hydrogen-bond donors (Lipinski definition) is 1. The number of benzene rings is 2. The minimum absolute atomic E-state index is 0.159. The fourth-order valence-electron chi connectivity index (χ4n) is 3.12. The summed E-state index contributed by atoms with van der Waals surface area (Å²) < 4.78 is 3.74. The van der Waals surface area contributed by atoms with Crippen LogP contribution in [0.3, 0.4) is 0 Å². The first kappa shape index (κ1) is 17.3. The van der Waals surface area contributed by atoms with Crippen molar-refractivity contribution in [2.24, 2.45) is 0 Å². The van der Waals surface area contributed by atoms with Gasteiger partial charge in [0.1, 0.15) is 5.82 Å². The molecule has 27 heavy (non-hydrogen) atoms. The van der Waals surface area contributed by atoms with Crippen molar-refractivity contribution in [3.05, 3.63) is 70.9 Å². The van der Waals surface area contributed by atoms with Crippen LogP contribution in [0.2, 0.25) is 5.02 Å². The zero-order valence-electron chi connectivity index (χ0n) is 15.0. The van der Waals surface area contributed by atoms with Crippen molar-refractivity contribution < 1.29 is 4.79 Å².